The van der Waals surface area contributed by atoms with Gasteiger partial charge in [0.15, 0.2) is 0 Å². The SMILES string of the molecule is C=C1C[C@H](NC(=O)[C@@H](NC(=O)[C@@H](N)[C@@H](C)CC)[C@@H](C)CC)[C@H](C(=O)O)C1. The lowest BCUT2D eigenvalue weighted by molar-refractivity contribution is -0.142. The molecule has 1 aliphatic carbocycles. The van der Waals surface area contributed by atoms with E-state index in [9.17, 15) is 19.5 Å². The highest BCUT2D eigenvalue weighted by atomic mass is 16.4. The standard InChI is InChI=1S/C19H33N3O4/c1-6-11(4)15(20)17(23)22-16(12(5)7-2)18(24)21-14-9-10(3)8-13(14)19(25)26/h11-16H,3,6-9,20H2,1-2,4-5H3,(H,21,24)(H,22,23)(H,25,26)/t11-,12-,13+,14-,15-,16-/m0/s1. The number of carboxylic acids is 1. The molecule has 148 valence electrons. The summed E-state index contributed by atoms with van der Waals surface area (Å²) in [5, 5.41) is 14.9. The van der Waals surface area contributed by atoms with Crippen LogP contribution in [0.4, 0.5) is 0 Å². The minimum atomic E-state index is -0.947. The van der Waals surface area contributed by atoms with Gasteiger partial charge in [-0.3, -0.25) is 14.4 Å². The number of hydrogen-bond acceptors (Lipinski definition) is 4. The first-order chi connectivity index (χ1) is 12.1. The Bertz CT molecular complexity index is 549. The Labute approximate surface area is 155 Å². The lowest BCUT2D eigenvalue weighted by Crippen LogP contribution is -2.57. The van der Waals surface area contributed by atoms with Crippen molar-refractivity contribution in [2.75, 3.05) is 0 Å². The molecule has 1 fully saturated rings. The number of nitrogens with two attached hydrogens (primary N) is 1. The lowest BCUT2D eigenvalue weighted by atomic mass is 9.94. The minimum Gasteiger partial charge on any atom is -0.481 e. The van der Waals surface area contributed by atoms with Crippen molar-refractivity contribution < 1.29 is 19.5 Å². The van der Waals surface area contributed by atoms with E-state index in [1.54, 1.807) is 0 Å². The molecule has 7 heteroatoms. The Balaban J connectivity index is 2.85. The van der Waals surface area contributed by atoms with Gasteiger partial charge in [-0.25, -0.2) is 0 Å². The van der Waals surface area contributed by atoms with Gasteiger partial charge in [0.2, 0.25) is 11.8 Å². The van der Waals surface area contributed by atoms with Crippen LogP contribution >= 0.6 is 0 Å². The van der Waals surface area contributed by atoms with Crippen LogP contribution in [0.25, 0.3) is 0 Å². The van der Waals surface area contributed by atoms with E-state index in [2.05, 4.69) is 17.2 Å². The summed E-state index contributed by atoms with van der Waals surface area (Å²) in [6.45, 7) is 11.5. The van der Waals surface area contributed by atoms with Gasteiger partial charge in [0.05, 0.1) is 12.0 Å². The second-order valence-corrected chi connectivity index (χ2v) is 7.50. The van der Waals surface area contributed by atoms with Crippen LogP contribution < -0.4 is 16.4 Å². The second-order valence-electron chi connectivity index (χ2n) is 7.50. The monoisotopic (exact) mass is 367 g/mol. The molecule has 1 saturated carbocycles. The Hall–Kier alpha value is -1.89. The van der Waals surface area contributed by atoms with Crippen molar-refractivity contribution in [3.8, 4) is 0 Å². The average Bonchev–Trinajstić information content (AvgIpc) is 2.97. The smallest absolute Gasteiger partial charge is 0.308 e. The average molecular weight is 367 g/mol. The first-order valence-corrected chi connectivity index (χ1v) is 9.38. The highest BCUT2D eigenvalue weighted by Gasteiger charge is 2.38. The maximum atomic E-state index is 12.8. The molecule has 7 nitrogen and oxygen atoms in total. The van der Waals surface area contributed by atoms with Crippen molar-refractivity contribution in [2.24, 2.45) is 23.5 Å². The van der Waals surface area contributed by atoms with E-state index in [1.165, 1.54) is 0 Å². The molecule has 0 aliphatic heterocycles. The molecule has 0 aromatic rings. The van der Waals surface area contributed by atoms with Crippen LogP contribution in [0.3, 0.4) is 0 Å². The highest BCUT2D eigenvalue weighted by molar-refractivity contribution is 5.90. The van der Waals surface area contributed by atoms with Crippen molar-refractivity contribution in [1.82, 2.24) is 10.6 Å². The molecule has 0 aromatic heterocycles. The first-order valence-electron chi connectivity index (χ1n) is 9.38. The Morgan fingerprint density at radius 2 is 1.73 bits per heavy atom. The summed E-state index contributed by atoms with van der Waals surface area (Å²) in [6, 6.07) is -1.93. The number of carbonyl (C=O) groups excluding carboxylic acids is 2. The zero-order valence-corrected chi connectivity index (χ0v) is 16.2. The molecule has 0 unspecified atom stereocenters. The van der Waals surface area contributed by atoms with E-state index in [-0.39, 0.29) is 23.7 Å². The third kappa shape index (κ3) is 5.56. The van der Waals surface area contributed by atoms with Crippen molar-refractivity contribution in [2.45, 2.75) is 71.5 Å². The molecule has 1 rings (SSSR count). The van der Waals surface area contributed by atoms with Crippen LogP contribution in [0.2, 0.25) is 0 Å². The molecular weight excluding hydrogens is 334 g/mol. The number of amides is 2. The van der Waals surface area contributed by atoms with Crippen LogP contribution in [0, 0.1) is 17.8 Å². The van der Waals surface area contributed by atoms with Crippen molar-refractivity contribution in [1.29, 1.82) is 0 Å². The fourth-order valence-electron chi connectivity index (χ4n) is 3.14. The number of rotatable bonds is 9. The lowest BCUT2D eigenvalue weighted by Gasteiger charge is -2.28. The van der Waals surface area contributed by atoms with E-state index in [4.69, 9.17) is 5.73 Å². The molecule has 0 radical (unpaired) electrons. The molecule has 0 spiro atoms. The topological polar surface area (TPSA) is 122 Å². The van der Waals surface area contributed by atoms with E-state index in [0.717, 1.165) is 12.0 Å². The molecule has 0 bridgehead atoms. The summed E-state index contributed by atoms with van der Waals surface area (Å²) in [5.74, 6) is -2.44. The maximum Gasteiger partial charge on any atom is 0.308 e. The van der Waals surface area contributed by atoms with Gasteiger partial charge in [0, 0.05) is 6.04 Å². The van der Waals surface area contributed by atoms with Crippen LogP contribution in [0.1, 0.15) is 53.4 Å². The number of carboxylic acid groups (broad SMARTS) is 1. The molecule has 0 heterocycles. The normalized spacial score (nSPS) is 24.4. The van der Waals surface area contributed by atoms with E-state index in [1.807, 2.05) is 27.7 Å². The third-order valence-electron chi connectivity index (χ3n) is 5.50. The fourth-order valence-corrected chi connectivity index (χ4v) is 3.14. The quantitative estimate of drug-likeness (QED) is 0.459. The molecule has 1 aliphatic rings. The predicted octanol–water partition coefficient (Wildman–Crippen LogP) is 1.43. The van der Waals surface area contributed by atoms with Crippen molar-refractivity contribution in [3.05, 3.63) is 12.2 Å². The summed E-state index contributed by atoms with van der Waals surface area (Å²) in [4.78, 5) is 36.6. The Kier molecular flexibility index (Phi) is 8.27. The predicted molar refractivity (Wildman–Crippen MR) is 100 cm³/mol. The maximum absolute atomic E-state index is 12.8. The van der Waals surface area contributed by atoms with Gasteiger partial charge >= 0.3 is 5.97 Å². The van der Waals surface area contributed by atoms with Crippen LogP contribution in [-0.4, -0.2) is 41.0 Å². The Morgan fingerprint density at radius 3 is 2.23 bits per heavy atom. The largest absolute Gasteiger partial charge is 0.481 e. The van der Waals surface area contributed by atoms with Gasteiger partial charge in [-0.05, 0) is 24.7 Å². The number of carbonyl (C=O) groups is 3. The van der Waals surface area contributed by atoms with Crippen LogP contribution in [0.15, 0.2) is 12.2 Å². The molecule has 0 saturated heterocycles. The van der Waals surface area contributed by atoms with E-state index >= 15 is 0 Å². The zero-order chi connectivity index (χ0) is 20.0. The van der Waals surface area contributed by atoms with Crippen LogP contribution in [-0.2, 0) is 14.4 Å². The summed E-state index contributed by atoms with van der Waals surface area (Å²) < 4.78 is 0. The van der Waals surface area contributed by atoms with Gasteiger partial charge < -0.3 is 21.5 Å². The summed E-state index contributed by atoms with van der Waals surface area (Å²) >= 11 is 0. The number of aliphatic carboxylic acids is 1. The molecule has 6 atom stereocenters. The summed E-state index contributed by atoms with van der Waals surface area (Å²) in [7, 11) is 0. The minimum absolute atomic E-state index is 0.00481. The van der Waals surface area contributed by atoms with Gasteiger partial charge in [-0.15, -0.1) is 0 Å². The van der Waals surface area contributed by atoms with Gasteiger partial charge in [0.1, 0.15) is 6.04 Å². The number of hydrogen-bond donors (Lipinski definition) is 4. The summed E-state index contributed by atoms with van der Waals surface area (Å²) in [5.41, 5.74) is 6.78. The van der Waals surface area contributed by atoms with Crippen molar-refractivity contribution >= 4 is 17.8 Å². The zero-order valence-electron chi connectivity index (χ0n) is 16.2. The molecular formula is C19H33N3O4. The third-order valence-corrected chi connectivity index (χ3v) is 5.50. The van der Waals surface area contributed by atoms with Crippen LogP contribution in [0.5, 0.6) is 0 Å². The first kappa shape index (κ1) is 22.2. The van der Waals surface area contributed by atoms with Gasteiger partial charge in [-0.1, -0.05) is 52.7 Å². The van der Waals surface area contributed by atoms with E-state index < -0.39 is 30.0 Å². The molecule has 26 heavy (non-hydrogen) atoms. The molecule has 5 N–H and O–H groups in total. The highest BCUT2D eigenvalue weighted by Crippen LogP contribution is 2.30. The second kappa shape index (κ2) is 9.71. The van der Waals surface area contributed by atoms with E-state index in [0.29, 0.717) is 19.3 Å². The fraction of sp³-hybridized carbons (Fsp3) is 0.737. The van der Waals surface area contributed by atoms with Gasteiger partial charge in [0.25, 0.3) is 0 Å². The Morgan fingerprint density at radius 1 is 1.15 bits per heavy atom. The molecule has 2 amide bonds. The molecule has 0 aromatic carbocycles. The van der Waals surface area contributed by atoms with Gasteiger partial charge in [-0.2, -0.15) is 0 Å². The van der Waals surface area contributed by atoms with Crippen molar-refractivity contribution in [3.63, 3.8) is 0 Å². The number of nitrogens with one attached hydrogen (secondary N) is 2. The summed E-state index contributed by atoms with van der Waals surface area (Å²) in [6.07, 6.45) is 2.26.